The van der Waals surface area contributed by atoms with Crippen molar-refractivity contribution in [2.75, 3.05) is 9.80 Å². The second-order valence-electron chi connectivity index (χ2n) is 21.4. The van der Waals surface area contributed by atoms with Crippen molar-refractivity contribution in [3.8, 4) is 61.8 Å². The third kappa shape index (κ3) is 9.36. The fourth-order valence-corrected chi connectivity index (χ4v) is 10.4. The van der Waals surface area contributed by atoms with Crippen molar-refractivity contribution in [3.05, 3.63) is 248 Å². The molecule has 9 aromatic carbocycles. The first-order valence-electron chi connectivity index (χ1n) is 25.5. The maximum absolute atomic E-state index is 6.79. The largest absolute Gasteiger partial charge is 0.509 e. The SMILES string of the molecule is Cc1cc(-n2c3[c-]c(Oc4[c-]c(N5[CH-]N(c6c(-c7ccccc7)cccc6-c6ccc(C(C)(C)C)cc6)c6ccccc65)ccc4)ccc3c3cc(-c4ccccc4)ccc32)ncc1-c1ccc(C(C)(C)C)cc1.[Pt]. The zero-order valence-electron chi connectivity index (χ0n) is 43.3. The normalized spacial score (nSPS) is 12.5. The molecule has 0 saturated carbocycles. The Morgan fingerprint density at radius 1 is 0.467 bits per heavy atom. The minimum atomic E-state index is 0. The topological polar surface area (TPSA) is 33.5 Å². The molecule has 0 unspecified atom stereocenters. The third-order valence-corrected chi connectivity index (χ3v) is 14.4. The molecule has 75 heavy (non-hydrogen) atoms. The summed E-state index contributed by atoms with van der Waals surface area (Å²) in [6.07, 6.45) is 2.01. The maximum Gasteiger partial charge on any atom is 0.135 e. The first-order valence-corrected chi connectivity index (χ1v) is 25.5. The Labute approximate surface area is 456 Å². The summed E-state index contributed by atoms with van der Waals surface area (Å²) in [5, 5.41) is 2.18. The number of nitrogens with zero attached hydrogens (tertiary/aromatic N) is 4. The summed E-state index contributed by atoms with van der Waals surface area (Å²) in [5.41, 5.74) is 19.0. The molecule has 11 aromatic rings. The van der Waals surface area contributed by atoms with E-state index in [2.05, 4.69) is 270 Å². The van der Waals surface area contributed by atoms with Crippen LogP contribution in [-0.4, -0.2) is 9.55 Å². The number of para-hydroxylation sites is 3. The Morgan fingerprint density at radius 3 is 1.64 bits per heavy atom. The van der Waals surface area contributed by atoms with Gasteiger partial charge in [-0.1, -0.05) is 199 Å². The van der Waals surface area contributed by atoms with E-state index in [1.165, 1.54) is 11.1 Å². The standard InChI is InChI=1S/C69H57N4O.Pt/c1-46-40-66(70-44-61(46)50-30-35-53(36-31-50)69(5,6)7)73-62-39-32-51(47-18-10-8-11-19-47)41-60(62)59-38-37-56(43-65(59)73)74-55-23-16-22-54(42-55)71-45-72(64-27-15-14-26-63(64)71)67-57(48-20-12-9-13-21-48)24-17-25-58(67)49-28-33-52(34-29-49)68(2,3)4;/h8-41,44-45H,1-7H3;/q-3;. The predicted octanol–water partition coefficient (Wildman–Crippen LogP) is 18.5. The van der Waals surface area contributed by atoms with E-state index in [1.54, 1.807) is 0 Å². The molecule has 0 aliphatic carbocycles. The van der Waals surface area contributed by atoms with Gasteiger partial charge in [0.25, 0.3) is 0 Å². The molecule has 5 nitrogen and oxygen atoms in total. The van der Waals surface area contributed by atoms with E-state index in [4.69, 9.17) is 9.72 Å². The minimum absolute atomic E-state index is 0. The Hall–Kier alpha value is -7.98. The quantitative estimate of drug-likeness (QED) is 0.135. The fraction of sp³-hybridized carbons (Fsp3) is 0.130. The van der Waals surface area contributed by atoms with Gasteiger partial charge in [-0.25, -0.2) is 4.98 Å². The van der Waals surface area contributed by atoms with E-state index in [-0.39, 0.29) is 31.9 Å². The fourth-order valence-electron chi connectivity index (χ4n) is 10.4. The van der Waals surface area contributed by atoms with Crippen molar-refractivity contribution >= 4 is 44.6 Å². The number of pyridine rings is 1. The molecule has 12 rings (SSSR count). The summed E-state index contributed by atoms with van der Waals surface area (Å²) in [6, 6.07) is 80.9. The number of ether oxygens (including phenoxy) is 1. The first kappa shape index (κ1) is 49.2. The van der Waals surface area contributed by atoms with Crippen LogP contribution in [0.1, 0.15) is 58.2 Å². The van der Waals surface area contributed by atoms with Crippen LogP contribution in [0.5, 0.6) is 11.5 Å². The van der Waals surface area contributed by atoms with Crippen LogP contribution in [0.25, 0.3) is 72.1 Å². The number of rotatable bonds is 9. The van der Waals surface area contributed by atoms with Crippen LogP contribution in [0.15, 0.2) is 212 Å². The van der Waals surface area contributed by atoms with Gasteiger partial charge in [0.05, 0.1) is 0 Å². The van der Waals surface area contributed by atoms with Gasteiger partial charge in [0.15, 0.2) is 0 Å². The van der Waals surface area contributed by atoms with Crippen LogP contribution in [0, 0.1) is 25.7 Å². The molecule has 372 valence electrons. The second-order valence-corrected chi connectivity index (χ2v) is 21.4. The van der Waals surface area contributed by atoms with E-state index in [9.17, 15) is 0 Å². The smallest absolute Gasteiger partial charge is 0.135 e. The van der Waals surface area contributed by atoms with Crippen LogP contribution in [0.2, 0.25) is 0 Å². The first-order chi connectivity index (χ1) is 35.9. The Bertz CT molecular complexity index is 3870. The number of fused-ring (bicyclic) bond motifs is 4. The molecule has 0 spiro atoms. The van der Waals surface area contributed by atoms with Crippen LogP contribution < -0.4 is 14.5 Å². The molecule has 0 N–H and O–H groups in total. The van der Waals surface area contributed by atoms with Gasteiger partial charge in [-0.15, -0.1) is 48.1 Å². The molecular formula is C69H57N4OPt-3. The minimum Gasteiger partial charge on any atom is -0.509 e. The van der Waals surface area contributed by atoms with Gasteiger partial charge in [0.2, 0.25) is 0 Å². The van der Waals surface area contributed by atoms with Gasteiger partial charge in [-0.3, -0.25) is 0 Å². The Morgan fingerprint density at radius 2 is 1.01 bits per heavy atom. The molecule has 1 aliphatic rings. The van der Waals surface area contributed by atoms with Gasteiger partial charge in [0.1, 0.15) is 5.82 Å². The monoisotopic (exact) mass is 1150 g/mol. The number of hydrogen-bond acceptors (Lipinski definition) is 4. The predicted molar refractivity (Wildman–Crippen MR) is 308 cm³/mol. The zero-order valence-corrected chi connectivity index (χ0v) is 45.6. The Kier molecular flexibility index (Phi) is 12.9. The molecule has 0 amide bonds. The van der Waals surface area contributed by atoms with Crippen molar-refractivity contribution in [2.24, 2.45) is 0 Å². The molecule has 2 aromatic heterocycles. The van der Waals surface area contributed by atoms with Gasteiger partial charge in [-0.2, -0.15) is 12.1 Å². The van der Waals surface area contributed by atoms with Crippen molar-refractivity contribution in [1.29, 1.82) is 0 Å². The van der Waals surface area contributed by atoms with Crippen molar-refractivity contribution < 1.29 is 25.8 Å². The third-order valence-electron chi connectivity index (χ3n) is 14.4. The average Bonchev–Trinajstić information content (AvgIpc) is 3.97. The van der Waals surface area contributed by atoms with Crippen LogP contribution in [0.3, 0.4) is 0 Å². The van der Waals surface area contributed by atoms with Crippen molar-refractivity contribution in [3.63, 3.8) is 0 Å². The molecular weight excluding hydrogens is 1100 g/mol. The zero-order chi connectivity index (χ0) is 50.7. The number of aromatic nitrogens is 2. The van der Waals surface area contributed by atoms with Crippen molar-refractivity contribution in [1.82, 2.24) is 9.55 Å². The number of anilines is 4. The van der Waals surface area contributed by atoms with Gasteiger partial charge < -0.3 is 19.1 Å². The van der Waals surface area contributed by atoms with Gasteiger partial charge in [0, 0.05) is 78.0 Å². The molecule has 0 fully saturated rings. The Balaban J connectivity index is 0.00000602. The summed E-state index contributed by atoms with van der Waals surface area (Å²) in [7, 11) is 0. The second kappa shape index (κ2) is 19.7. The van der Waals surface area contributed by atoms with Crippen LogP contribution in [0.4, 0.5) is 22.7 Å². The summed E-state index contributed by atoms with van der Waals surface area (Å²) in [5.74, 6) is 1.98. The van der Waals surface area contributed by atoms with E-state index in [1.807, 2.05) is 24.4 Å². The average molecular weight is 1150 g/mol. The van der Waals surface area contributed by atoms with E-state index in [0.717, 1.165) is 100 Å². The van der Waals surface area contributed by atoms with Gasteiger partial charge >= 0.3 is 0 Å². The van der Waals surface area contributed by atoms with E-state index in [0.29, 0.717) is 11.5 Å². The summed E-state index contributed by atoms with van der Waals surface area (Å²) in [6.45, 7) is 17.9. The molecule has 1 aliphatic heterocycles. The molecule has 0 saturated heterocycles. The van der Waals surface area contributed by atoms with Gasteiger partial charge in [-0.05, 0) is 91.9 Å². The number of benzene rings is 9. The summed E-state index contributed by atoms with van der Waals surface area (Å²) in [4.78, 5) is 9.71. The van der Waals surface area contributed by atoms with Crippen LogP contribution in [-0.2, 0) is 31.9 Å². The number of aryl methyl sites for hydroxylation is 1. The number of hydrogen-bond donors (Lipinski definition) is 0. The summed E-state index contributed by atoms with van der Waals surface area (Å²) < 4.78 is 9.01. The summed E-state index contributed by atoms with van der Waals surface area (Å²) >= 11 is 0. The van der Waals surface area contributed by atoms with E-state index >= 15 is 0 Å². The van der Waals surface area contributed by atoms with E-state index < -0.39 is 0 Å². The molecule has 0 radical (unpaired) electrons. The maximum atomic E-state index is 6.79. The molecule has 0 atom stereocenters. The molecule has 3 heterocycles. The van der Waals surface area contributed by atoms with Crippen molar-refractivity contribution in [2.45, 2.75) is 59.3 Å². The molecule has 0 bridgehead atoms. The van der Waals surface area contributed by atoms with Crippen LogP contribution >= 0.6 is 0 Å². The molecule has 6 heteroatoms.